The number of nitrogens with zero attached hydrogens (tertiary/aromatic N) is 6. The molecule has 3 aliphatic rings. The van der Waals surface area contributed by atoms with Crippen LogP contribution in [0, 0.1) is 0 Å². The Bertz CT molecular complexity index is 1150. The molecular weight excluding hydrogens is 412 g/mol. The Labute approximate surface area is 195 Å². The zero-order valence-electron chi connectivity index (χ0n) is 19.7. The molecule has 1 atom stereocenters. The first kappa shape index (κ1) is 20.7. The van der Waals surface area contributed by atoms with Crippen molar-refractivity contribution < 1.29 is 4.74 Å². The summed E-state index contributed by atoms with van der Waals surface area (Å²) in [4.78, 5) is 19.0. The van der Waals surface area contributed by atoms with Gasteiger partial charge in [-0.25, -0.2) is 4.98 Å². The lowest BCUT2D eigenvalue weighted by Crippen LogP contribution is -2.57. The summed E-state index contributed by atoms with van der Waals surface area (Å²) >= 11 is 0. The highest BCUT2D eigenvalue weighted by Crippen LogP contribution is 2.43. The van der Waals surface area contributed by atoms with Crippen LogP contribution >= 0.6 is 0 Å². The van der Waals surface area contributed by atoms with E-state index >= 15 is 0 Å². The number of ether oxygens (including phenoxy) is 1. The molecular formula is C26H32N6O. The van der Waals surface area contributed by atoms with Crippen molar-refractivity contribution in [2.24, 2.45) is 0 Å². The van der Waals surface area contributed by atoms with E-state index in [1.165, 1.54) is 28.7 Å². The van der Waals surface area contributed by atoms with Gasteiger partial charge in [0.2, 0.25) is 0 Å². The SMILES string of the molecule is CN1CN([C@@H]2CCCOC2)c2c1cnc1ccc(-c3ccc(N4CC(N(C)C)C4)nc3)cc21. The van der Waals surface area contributed by atoms with E-state index in [0.29, 0.717) is 12.1 Å². The van der Waals surface area contributed by atoms with Gasteiger partial charge in [0.25, 0.3) is 0 Å². The highest BCUT2D eigenvalue weighted by Gasteiger charge is 2.33. The fraction of sp³-hybridized carbons (Fsp3) is 0.462. The summed E-state index contributed by atoms with van der Waals surface area (Å²) in [5.41, 5.74) is 5.85. The minimum atomic E-state index is 0.417. The molecule has 1 aromatic carbocycles. The molecule has 3 aromatic rings. The smallest absolute Gasteiger partial charge is 0.128 e. The number of fused-ring (bicyclic) bond motifs is 3. The molecule has 172 valence electrons. The first-order chi connectivity index (χ1) is 16.1. The number of rotatable bonds is 4. The fourth-order valence-corrected chi connectivity index (χ4v) is 5.28. The van der Waals surface area contributed by atoms with Crippen LogP contribution in [0.5, 0.6) is 0 Å². The molecule has 0 spiro atoms. The summed E-state index contributed by atoms with van der Waals surface area (Å²) < 4.78 is 5.82. The van der Waals surface area contributed by atoms with Crippen molar-refractivity contribution in [3.05, 3.63) is 42.7 Å². The second-order valence-electron chi connectivity index (χ2n) is 9.83. The highest BCUT2D eigenvalue weighted by atomic mass is 16.5. The van der Waals surface area contributed by atoms with Gasteiger partial charge in [-0.05, 0) is 56.8 Å². The molecule has 0 radical (unpaired) electrons. The van der Waals surface area contributed by atoms with Crippen molar-refractivity contribution in [2.75, 3.05) is 68.8 Å². The minimum absolute atomic E-state index is 0.417. The van der Waals surface area contributed by atoms with Gasteiger partial charge in [0.05, 0.1) is 42.4 Å². The third-order valence-corrected chi connectivity index (χ3v) is 7.46. The van der Waals surface area contributed by atoms with Gasteiger partial charge in [0.1, 0.15) is 5.82 Å². The van der Waals surface area contributed by atoms with Crippen molar-refractivity contribution in [1.29, 1.82) is 0 Å². The quantitative estimate of drug-likeness (QED) is 0.611. The molecule has 2 aromatic heterocycles. The Morgan fingerprint density at radius 3 is 2.61 bits per heavy atom. The van der Waals surface area contributed by atoms with Crippen LogP contribution in [-0.4, -0.2) is 81.1 Å². The number of anilines is 3. The molecule has 0 amide bonds. The molecule has 0 saturated carbocycles. The standard InChI is InChI=1S/C26H32N6O/c1-29(2)21-14-31(15-21)25-9-7-19(12-28-25)18-6-8-23-22(11-18)26-24(13-27-23)30(3)17-32(26)20-5-4-10-33-16-20/h6-9,11-13,20-21H,4-5,10,14-17H2,1-3H3/t20-/m1/s1. The molecule has 0 N–H and O–H groups in total. The van der Waals surface area contributed by atoms with E-state index in [2.05, 4.69) is 71.1 Å². The predicted octanol–water partition coefficient (Wildman–Crippen LogP) is 3.44. The van der Waals surface area contributed by atoms with Crippen LogP contribution in [0.3, 0.4) is 0 Å². The maximum atomic E-state index is 5.82. The van der Waals surface area contributed by atoms with Crippen LogP contribution in [0.15, 0.2) is 42.7 Å². The van der Waals surface area contributed by atoms with E-state index in [1.807, 2.05) is 12.4 Å². The van der Waals surface area contributed by atoms with Gasteiger partial charge in [-0.2, -0.15) is 0 Å². The van der Waals surface area contributed by atoms with Gasteiger partial charge in [-0.15, -0.1) is 0 Å². The number of aromatic nitrogens is 2. The normalized spacial score (nSPS) is 21.1. The third kappa shape index (κ3) is 3.60. The summed E-state index contributed by atoms with van der Waals surface area (Å²) in [5, 5.41) is 1.21. The Morgan fingerprint density at radius 2 is 1.88 bits per heavy atom. The molecule has 2 fully saturated rings. The van der Waals surface area contributed by atoms with Crippen LogP contribution in [-0.2, 0) is 4.74 Å². The largest absolute Gasteiger partial charge is 0.379 e. The van der Waals surface area contributed by atoms with Crippen LogP contribution in [0.2, 0.25) is 0 Å². The van der Waals surface area contributed by atoms with Crippen molar-refractivity contribution >= 4 is 28.1 Å². The first-order valence-corrected chi connectivity index (χ1v) is 11.9. The van der Waals surface area contributed by atoms with Crippen molar-refractivity contribution in [1.82, 2.24) is 14.9 Å². The zero-order valence-corrected chi connectivity index (χ0v) is 19.7. The van der Waals surface area contributed by atoms with Crippen LogP contribution in [0.25, 0.3) is 22.0 Å². The monoisotopic (exact) mass is 444 g/mol. The fourth-order valence-electron chi connectivity index (χ4n) is 5.28. The van der Waals surface area contributed by atoms with Crippen molar-refractivity contribution in [3.8, 4) is 11.1 Å². The van der Waals surface area contributed by atoms with E-state index in [9.17, 15) is 0 Å². The molecule has 3 aliphatic heterocycles. The van der Waals surface area contributed by atoms with Gasteiger partial charge >= 0.3 is 0 Å². The molecule has 7 nitrogen and oxygen atoms in total. The predicted molar refractivity (Wildman–Crippen MR) is 134 cm³/mol. The van der Waals surface area contributed by atoms with E-state index < -0.39 is 0 Å². The molecule has 6 rings (SSSR count). The van der Waals surface area contributed by atoms with Crippen LogP contribution in [0.1, 0.15) is 12.8 Å². The lowest BCUT2D eigenvalue weighted by atomic mass is 10.0. The first-order valence-electron chi connectivity index (χ1n) is 11.9. The summed E-state index contributed by atoms with van der Waals surface area (Å²) in [5.74, 6) is 1.06. The maximum absolute atomic E-state index is 5.82. The summed E-state index contributed by atoms with van der Waals surface area (Å²) in [6.07, 6.45) is 6.33. The number of hydrogen-bond donors (Lipinski definition) is 0. The Balaban J connectivity index is 1.32. The number of hydrogen-bond acceptors (Lipinski definition) is 7. The molecule has 0 aliphatic carbocycles. The highest BCUT2D eigenvalue weighted by molar-refractivity contribution is 6.02. The van der Waals surface area contributed by atoms with E-state index in [1.54, 1.807) is 0 Å². The van der Waals surface area contributed by atoms with Gasteiger partial charge in [0, 0.05) is 49.9 Å². The molecule has 5 heterocycles. The zero-order chi connectivity index (χ0) is 22.5. The number of benzene rings is 1. The van der Waals surface area contributed by atoms with Crippen molar-refractivity contribution in [3.63, 3.8) is 0 Å². The number of likely N-dealkylation sites (N-methyl/N-ethyl adjacent to an activating group) is 1. The molecule has 33 heavy (non-hydrogen) atoms. The Morgan fingerprint density at radius 1 is 1.03 bits per heavy atom. The van der Waals surface area contributed by atoms with Gasteiger partial charge < -0.3 is 24.3 Å². The number of pyridine rings is 2. The second-order valence-corrected chi connectivity index (χ2v) is 9.83. The van der Waals surface area contributed by atoms with Crippen LogP contribution < -0.4 is 14.7 Å². The minimum Gasteiger partial charge on any atom is -0.379 e. The van der Waals surface area contributed by atoms with Gasteiger partial charge in [-0.1, -0.05) is 6.07 Å². The van der Waals surface area contributed by atoms with E-state index in [0.717, 1.165) is 56.3 Å². The average molecular weight is 445 g/mol. The van der Waals surface area contributed by atoms with E-state index in [4.69, 9.17) is 14.7 Å². The molecule has 0 unspecified atom stereocenters. The summed E-state index contributed by atoms with van der Waals surface area (Å²) in [7, 11) is 6.44. The third-order valence-electron chi connectivity index (χ3n) is 7.46. The molecule has 7 heteroatoms. The lowest BCUT2D eigenvalue weighted by Gasteiger charge is -2.43. The Hall–Kier alpha value is -2.90. The molecule has 2 saturated heterocycles. The Kier molecular flexibility index (Phi) is 5.11. The van der Waals surface area contributed by atoms with Crippen molar-refractivity contribution in [2.45, 2.75) is 24.9 Å². The second kappa shape index (κ2) is 8.15. The topological polar surface area (TPSA) is 48.0 Å². The average Bonchev–Trinajstić information content (AvgIpc) is 3.15. The molecule has 0 bridgehead atoms. The maximum Gasteiger partial charge on any atom is 0.128 e. The summed E-state index contributed by atoms with van der Waals surface area (Å²) in [6, 6.07) is 12.0. The van der Waals surface area contributed by atoms with Gasteiger partial charge in [-0.3, -0.25) is 4.98 Å². The van der Waals surface area contributed by atoms with E-state index in [-0.39, 0.29) is 0 Å². The summed E-state index contributed by atoms with van der Waals surface area (Å²) in [6.45, 7) is 4.65. The van der Waals surface area contributed by atoms with Crippen LogP contribution in [0.4, 0.5) is 17.2 Å². The van der Waals surface area contributed by atoms with Gasteiger partial charge in [0.15, 0.2) is 0 Å². The lowest BCUT2D eigenvalue weighted by molar-refractivity contribution is 0.0798.